The fourth-order valence-electron chi connectivity index (χ4n) is 2.50. The van der Waals surface area contributed by atoms with Crippen molar-refractivity contribution in [1.82, 2.24) is 15.4 Å². The van der Waals surface area contributed by atoms with E-state index in [-0.39, 0.29) is 0 Å². The van der Waals surface area contributed by atoms with Gasteiger partial charge in [-0.15, -0.1) is 6.58 Å². The lowest BCUT2D eigenvalue weighted by Crippen LogP contribution is -2.39. The van der Waals surface area contributed by atoms with Crippen molar-refractivity contribution in [2.75, 3.05) is 20.1 Å². The molecule has 23 heavy (non-hydrogen) atoms. The Bertz CT molecular complexity index is 477. The zero-order valence-corrected chi connectivity index (χ0v) is 15.1. The van der Waals surface area contributed by atoms with E-state index in [1.54, 1.807) is 0 Å². The monoisotopic (exact) mass is 320 g/mol. The number of guanidine groups is 1. The molecule has 0 amide bonds. The van der Waals surface area contributed by atoms with E-state index < -0.39 is 0 Å². The third-order valence-electron chi connectivity index (χ3n) is 3.96. The summed E-state index contributed by atoms with van der Waals surface area (Å²) in [5.74, 6) is 2.20. The van der Waals surface area contributed by atoms with Crippen molar-refractivity contribution in [3.63, 3.8) is 0 Å². The molecule has 130 valence electrons. The third-order valence-corrected chi connectivity index (χ3v) is 3.96. The highest BCUT2D eigenvalue weighted by atomic mass is 16.5. The molecule has 1 aromatic heterocycles. The Kier molecular flexibility index (Phi) is 9.10. The van der Waals surface area contributed by atoms with Crippen LogP contribution in [0, 0.1) is 0 Å². The fraction of sp³-hybridized carbons (Fsp3) is 0.667. The molecule has 5 nitrogen and oxygen atoms in total. The van der Waals surface area contributed by atoms with E-state index in [1.165, 1.54) is 0 Å². The Morgan fingerprint density at radius 2 is 2.17 bits per heavy atom. The average Bonchev–Trinajstić information content (AvgIpc) is 3.01. The molecule has 1 aromatic rings. The van der Waals surface area contributed by atoms with Gasteiger partial charge in [-0.2, -0.15) is 0 Å². The predicted octanol–water partition coefficient (Wildman–Crippen LogP) is 3.94. The lowest BCUT2D eigenvalue weighted by atomic mass is 9.99. The van der Waals surface area contributed by atoms with Gasteiger partial charge in [0.05, 0.1) is 5.69 Å². The van der Waals surface area contributed by atoms with Gasteiger partial charge in [0.1, 0.15) is 6.54 Å². The van der Waals surface area contributed by atoms with E-state index in [2.05, 4.69) is 54.8 Å². The Labute approximate surface area is 140 Å². The molecule has 0 atom stereocenters. The number of nitrogens with one attached hydrogen (secondary N) is 1. The Morgan fingerprint density at radius 3 is 2.78 bits per heavy atom. The van der Waals surface area contributed by atoms with Crippen molar-refractivity contribution in [1.29, 1.82) is 0 Å². The molecule has 0 saturated carbocycles. The summed E-state index contributed by atoms with van der Waals surface area (Å²) in [6.07, 6.45) is 6.21. The second-order valence-electron chi connectivity index (χ2n) is 5.75. The molecule has 1 N–H and O–H groups in total. The molecule has 0 aliphatic heterocycles. The number of aliphatic imine (C=N–C) groups is 1. The van der Waals surface area contributed by atoms with Gasteiger partial charge < -0.3 is 14.7 Å². The summed E-state index contributed by atoms with van der Waals surface area (Å²) >= 11 is 0. The maximum Gasteiger partial charge on any atom is 0.194 e. The smallest absolute Gasteiger partial charge is 0.194 e. The zero-order chi connectivity index (χ0) is 17.1. The summed E-state index contributed by atoms with van der Waals surface area (Å²) in [6, 6.07) is 2.04. The molecule has 0 fully saturated rings. The van der Waals surface area contributed by atoms with Crippen LogP contribution in [-0.4, -0.2) is 36.2 Å². The predicted molar refractivity (Wildman–Crippen MR) is 96.7 cm³/mol. The van der Waals surface area contributed by atoms with Gasteiger partial charge in [0.25, 0.3) is 0 Å². The molecule has 0 aliphatic rings. The summed E-state index contributed by atoms with van der Waals surface area (Å²) in [5, 5.41) is 7.52. The van der Waals surface area contributed by atoms with Crippen LogP contribution in [0.5, 0.6) is 0 Å². The van der Waals surface area contributed by atoms with Gasteiger partial charge >= 0.3 is 0 Å². The standard InChI is InChI=1S/C18H32N4O/c1-6-10-11-12-22(5)18(19-9-4)20-14-16-13-17(21-23-16)15(7-2)8-3/h6,13,15H,1,7-12,14H2,2-5H3,(H,19,20). The largest absolute Gasteiger partial charge is 0.359 e. The Hall–Kier alpha value is -1.78. The van der Waals surface area contributed by atoms with Gasteiger partial charge in [-0.3, -0.25) is 0 Å². The minimum Gasteiger partial charge on any atom is -0.359 e. The Morgan fingerprint density at radius 1 is 1.43 bits per heavy atom. The van der Waals surface area contributed by atoms with Crippen molar-refractivity contribution in [3.8, 4) is 0 Å². The lowest BCUT2D eigenvalue weighted by Gasteiger charge is -2.21. The fourth-order valence-corrected chi connectivity index (χ4v) is 2.50. The highest BCUT2D eigenvalue weighted by Crippen LogP contribution is 2.22. The quantitative estimate of drug-likeness (QED) is 0.307. The lowest BCUT2D eigenvalue weighted by molar-refractivity contribution is 0.371. The van der Waals surface area contributed by atoms with Crippen LogP contribution in [0.15, 0.2) is 28.2 Å². The topological polar surface area (TPSA) is 53.7 Å². The van der Waals surface area contributed by atoms with E-state index in [1.807, 2.05) is 12.1 Å². The molecular weight excluding hydrogens is 288 g/mol. The second kappa shape index (κ2) is 10.9. The number of unbranched alkanes of at least 4 members (excludes halogenated alkanes) is 1. The first-order valence-electron chi connectivity index (χ1n) is 8.71. The van der Waals surface area contributed by atoms with E-state index in [9.17, 15) is 0 Å². The summed E-state index contributed by atoms with van der Waals surface area (Å²) in [6.45, 7) is 12.5. The van der Waals surface area contributed by atoms with E-state index in [4.69, 9.17) is 4.52 Å². The first-order valence-corrected chi connectivity index (χ1v) is 8.71. The molecule has 1 heterocycles. The van der Waals surface area contributed by atoms with Crippen LogP contribution in [0.4, 0.5) is 0 Å². The number of hydrogen-bond acceptors (Lipinski definition) is 3. The Balaban J connectivity index is 2.67. The molecule has 0 aliphatic carbocycles. The molecule has 0 unspecified atom stereocenters. The van der Waals surface area contributed by atoms with E-state index in [0.29, 0.717) is 12.5 Å². The third kappa shape index (κ3) is 6.47. The SMILES string of the molecule is C=CCCCN(C)C(=NCc1cc(C(CC)CC)no1)NCC. The van der Waals surface area contributed by atoms with Crippen LogP contribution in [0.3, 0.4) is 0 Å². The second-order valence-corrected chi connectivity index (χ2v) is 5.75. The number of allylic oxidation sites excluding steroid dienone is 1. The van der Waals surface area contributed by atoms with Crippen LogP contribution in [0.2, 0.25) is 0 Å². The molecule has 0 spiro atoms. The minimum atomic E-state index is 0.478. The highest BCUT2D eigenvalue weighted by molar-refractivity contribution is 5.79. The molecule has 0 radical (unpaired) electrons. The number of aromatic nitrogens is 1. The van der Waals surface area contributed by atoms with Gasteiger partial charge in [-0.1, -0.05) is 25.1 Å². The molecule has 1 rings (SSSR count). The summed E-state index contributed by atoms with van der Waals surface area (Å²) in [7, 11) is 2.06. The molecular formula is C18H32N4O. The maximum atomic E-state index is 5.44. The summed E-state index contributed by atoms with van der Waals surface area (Å²) in [5.41, 5.74) is 1.05. The van der Waals surface area contributed by atoms with Crippen molar-refractivity contribution >= 4 is 5.96 Å². The number of rotatable bonds is 10. The van der Waals surface area contributed by atoms with Crippen LogP contribution in [0.1, 0.15) is 63.8 Å². The van der Waals surface area contributed by atoms with Crippen molar-refractivity contribution in [2.24, 2.45) is 4.99 Å². The van der Waals surface area contributed by atoms with Crippen LogP contribution in [-0.2, 0) is 6.54 Å². The summed E-state index contributed by atoms with van der Waals surface area (Å²) in [4.78, 5) is 6.80. The van der Waals surface area contributed by atoms with Crippen LogP contribution >= 0.6 is 0 Å². The first-order chi connectivity index (χ1) is 11.2. The van der Waals surface area contributed by atoms with Crippen molar-refractivity contribution in [3.05, 3.63) is 30.2 Å². The zero-order valence-electron chi connectivity index (χ0n) is 15.1. The number of nitrogens with zero attached hydrogens (tertiary/aromatic N) is 3. The van der Waals surface area contributed by atoms with E-state index >= 15 is 0 Å². The maximum absolute atomic E-state index is 5.44. The van der Waals surface area contributed by atoms with Gasteiger partial charge in [0.2, 0.25) is 0 Å². The summed E-state index contributed by atoms with van der Waals surface area (Å²) < 4.78 is 5.44. The highest BCUT2D eigenvalue weighted by Gasteiger charge is 2.13. The molecule has 0 saturated heterocycles. The first kappa shape index (κ1) is 19.3. The normalized spacial score (nSPS) is 11.8. The van der Waals surface area contributed by atoms with Crippen LogP contribution < -0.4 is 5.32 Å². The minimum absolute atomic E-state index is 0.478. The van der Waals surface area contributed by atoms with Gasteiger partial charge in [-0.25, -0.2) is 4.99 Å². The van der Waals surface area contributed by atoms with Gasteiger partial charge in [0.15, 0.2) is 11.7 Å². The van der Waals surface area contributed by atoms with Gasteiger partial charge in [-0.05, 0) is 32.6 Å². The molecule has 5 heteroatoms. The van der Waals surface area contributed by atoms with Crippen LogP contribution in [0.25, 0.3) is 0 Å². The molecule has 0 bridgehead atoms. The van der Waals surface area contributed by atoms with E-state index in [0.717, 1.165) is 56.2 Å². The molecule has 0 aromatic carbocycles. The van der Waals surface area contributed by atoms with Crippen molar-refractivity contribution in [2.45, 2.75) is 58.9 Å². The van der Waals surface area contributed by atoms with Crippen molar-refractivity contribution < 1.29 is 4.52 Å². The number of hydrogen-bond donors (Lipinski definition) is 1. The average molecular weight is 320 g/mol. The van der Waals surface area contributed by atoms with Gasteiger partial charge in [0, 0.05) is 32.1 Å².